The molecule has 3 N–H and O–H groups in total. The summed E-state index contributed by atoms with van der Waals surface area (Å²) in [6.07, 6.45) is 2.33. The van der Waals surface area contributed by atoms with Gasteiger partial charge in [0.15, 0.2) is 5.03 Å². The molecule has 0 aromatic carbocycles. The molecule has 1 aromatic rings. The number of morpholine rings is 1. The molecule has 118 valence electrons. The third-order valence-electron chi connectivity index (χ3n) is 4.18. The molecule has 2 aliphatic rings. The molecule has 0 amide bonds. The fraction of sp³-hybridized carbons (Fsp3) is 0.750. The Morgan fingerprint density at radius 3 is 2.86 bits per heavy atom. The second kappa shape index (κ2) is 6.01. The molecule has 3 heterocycles. The molecule has 9 heteroatoms. The van der Waals surface area contributed by atoms with Crippen LogP contribution in [0.3, 0.4) is 0 Å². The van der Waals surface area contributed by atoms with E-state index < -0.39 is 10.0 Å². The Labute approximate surface area is 124 Å². The third-order valence-corrected chi connectivity index (χ3v) is 6.06. The first-order valence-electron chi connectivity index (χ1n) is 7.17. The van der Waals surface area contributed by atoms with Gasteiger partial charge in [0.1, 0.15) is 0 Å². The van der Waals surface area contributed by atoms with Crippen molar-refractivity contribution in [1.82, 2.24) is 19.4 Å². The van der Waals surface area contributed by atoms with E-state index in [9.17, 15) is 8.42 Å². The average molecular weight is 315 g/mol. The molecule has 0 bridgehead atoms. The number of sulfonamides is 1. The molecule has 3 rings (SSSR count). The van der Waals surface area contributed by atoms with E-state index in [1.165, 1.54) is 10.5 Å². The van der Waals surface area contributed by atoms with E-state index >= 15 is 0 Å². The molecule has 0 saturated carbocycles. The maximum Gasteiger partial charge on any atom is 0.260 e. The van der Waals surface area contributed by atoms with Crippen molar-refractivity contribution in [2.24, 2.45) is 5.73 Å². The predicted octanol–water partition coefficient (Wildman–Crippen LogP) is -1.04. The van der Waals surface area contributed by atoms with Gasteiger partial charge in [-0.1, -0.05) is 0 Å². The van der Waals surface area contributed by atoms with Crippen molar-refractivity contribution in [1.29, 1.82) is 0 Å². The molecule has 2 fully saturated rings. The number of hydrogen-bond acceptors (Lipinski definition) is 6. The molecule has 1 atom stereocenters. The van der Waals surface area contributed by atoms with Crippen LogP contribution in [0.2, 0.25) is 0 Å². The summed E-state index contributed by atoms with van der Waals surface area (Å²) in [4.78, 5) is 2.32. The summed E-state index contributed by atoms with van der Waals surface area (Å²) in [6.45, 7) is 4.40. The number of hydrogen-bond donors (Lipinski definition) is 2. The zero-order valence-electron chi connectivity index (χ0n) is 11.9. The molecule has 2 aliphatic heterocycles. The number of aromatic nitrogens is 2. The Kier molecular flexibility index (Phi) is 4.27. The van der Waals surface area contributed by atoms with Crippen molar-refractivity contribution < 1.29 is 13.2 Å². The highest BCUT2D eigenvalue weighted by Crippen LogP contribution is 2.24. The average Bonchev–Trinajstić information content (AvgIpc) is 3.17. The number of nitrogens with two attached hydrogens (primary N) is 1. The summed E-state index contributed by atoms with van der Waals surface area (Å²) in [5.41, 5.74) is 6.10. The zero-order valence-corrected chi connectivity index (χ0v) is 12.7. The van der Waals surface area contributed by atoms with Crippen molar-refractivity contribution in [3.8, 4) is 0 Å². The van der Waals surface area contributed by atoms with Gasteiger partial charge in [0.2, 0.25) is 0 Å². The summed E-state index contributed by atoms with van der Waals surface area (Å²) in [5.74, 6) is 0. The smallest absolute Gasteiger partial charge is 0.260 e. The first-order valence-corrected chi connectivity index (χ1v) is 8.61. The molecular weight excluding hydrogens is 294 g/mol. The van der Waals surface area contributed by atoms with Gasteiger partial charge in [0.25, 0.3) is 10.0 Å². The lowest BCUT2D eigenvalue weighted by Crippen LogP contribution is -2.45. The highest BCUT2D eigenvalue weighted by atomic mass is 32.2. The minimum Gasteiger partial charge on any atom is -0.379 e. The molecule has 1 unspecified atom stereocenters. The van der Waals surface area contributed by atoms with Gasteiger partial charge < -0.3 is 10.5 Å². The van der Waals surface area contributed by atoms with Crippen molar-refractivity contribution in [3.63, 3.8) is 0 Å². The fourth-order valence-corrected chi connectivity index (χ4v) is 4.57. The van der Waals surface area contributed by atoms with E-state index in [0.717, 1.165) is 32.7 Å². The summed E-state index contributed by atoms with van der Waals surface area (Å²) in [6, 6.07) is 0.271. The van der Waals surface area contributed by atoms with Gasteiger partial charge in [0, 0.05) is 44.3 Å². The van der Waals surface area contributed by atoms with Gasteiger partial charge in [-0.05, 0) is 6.42 Å². The van der Waals surface area contributed by atoms with Crippen LogP contribution in [0.25, 0.3) is 0 Å². The Hall–Kier alpha value is -1.00. The first kappa shape index (κ1) is 14.9. The van der Waals surface area contributed by atoms with Gasteiger partial charge in [-0.2, -0.15) is 9.40 Å². The molecule has 1 aromatic heterocycles. The third kappa shape index (κ3) is 2.84. The number of nitrogens with zero attached hydrogens (tertiary/aromatic N) is 3. The van der Waals surface area contributed by atoms with Crippen molar-refractivity contribution in [2.45, 2.75) is 24.0 Å². The lowest BCUT2D eigenvalue weighted by Gasteiger charge is -2.32. The summed E-state index contributed by atoms with van der Waals surface area (Å²) < 4.78 is 32.2. The van der Waals surface area contributed by atoms with Crippen LogP contribution < -0.4 is 5.73 Å². The van der Waals surface area contributed by atoms with Crippen molar-refractivity contribution in [3.05, 3.63) is 11.8 Å². The SMILES string of the molecule is NCc1cn[nH]c1S(=O)(=O)N1CCC(N2CCOCC2)C1. The van der Waals surface area contributed by atoms with Crippen LogP contribution >= 0.6 is 0 Å². The second-order valence-corrected chi connectivity index (χ2v) is 7.26. The van der Waals surface area contributed by atoms with E-state index in [1.54, 1.807) is 0 Å². The van der Waals surface area contributed by atoms with E-state index in [2.05, 4.69) is 15.1 Å². The van der Waals surface area contributed by atoms with Crippen LogP contribution in [-0.2, 0) is 21.3 Å². The molecule has 2 saturated heterocycles. The summed E-state index contributed by atoms with van der Waals surface area (Å²) >= 11 is 0. The van der Waals surface area contributed by atoms with E-state index in [0.29, 0.717) is 18.7 Å². The molecule has 0 aliphatic carbocycles. The summed E-state index contributed by atoms with van der Waals surface area (Å²) in [7, 11) is -3.53. The van der Waals surface area contributed by atoms with Crippen LogP contribution in [0.15, 0.2) is 11.2 Å². The van der Waals surface area contributed by atoms with Crippen molar-refractivity contribution in [2.75, 3.05) is 39.4 Å². The number of rotatable bonds is 4. The number of H-pyrrole nitrogens is 1. The van der Waals surface area contributed by atoms with Gasteiger partial charge >= 0.3 is 0 Å². The van der Waals surface area contributed by atoms with Gasteiger partial charge in [-0.3, -0.25) is 10.00 Å². The minimum absolute atomic E-state index is 0.132. The maximum absolute atomic E-state index is 12.7. The van der Waals surface area contributed by atoms with Gasteiger partial charge in [-0.25, -0.2) is 8.42 Å². The topological polar surface area (TPSA) is 105 Å². The molecular formula is C12H21N5O3S. The quantitative estimate of drug-likeness (QED) is 0.736. The molecule has 0 spiro atoms. The monoisotopic (exact) mass is 315 g/mol. The van der Waals surface area contributed by atoms with Crippen molar-refractivity contribution >= 4 is 10.0 Å². The molecule has 0 radical (unpaired) electrons. The normalized spacial score (nSPS) is 25.5. The molecule has 21 heavy (non-hydrogen) atoms. The zero-order chi connectivity index (χ0) is 14.9. The lowest BCUT2D eigenvalue weighted by molar-refractivity contribution is 0.0197. The highest BCUT2D eigenvalue weighted by Gasteiger charge is 2.37. The lowest BCUT2D eigenvalue weighted by atomic mass is 10.2. The number of ether oxygens (including phenoxy) is 1. The Morgan fingerprint density at radius 1 is 1.38 bits per heavy atom. The van der Waals surface area contributed by atoms with Crippen LogP contribution in [0.5, 0.6) is 0 Å². The van der Waals surface area contributed by atoms with Crippen LogP contribution in [0, 0.1) is 0 Å². The van der Waals surface area contributed by atoms with Crippen LogP contribution in [-0.4, -0.2) is 73.3 Å². The predicted molar refractivity (Wildman–Crippen MR) is 76.0 cm³/mol. The standard InChI is InChI=1S/C12H21N5O3S/c13-7-10-8-14-15-12(10)21(18,19)17-2-1-11(9-17)16-3-5-20-6-4-16/h8,11H,1-7,9,13H2,(H,14,15). The Balaban J connectivity index is 1.73. The maximum atomic E-state index is 12.7. The van der Waals surface area contributed by atoms with E-state index in [-0.39, 0.29) is 17.6 Å². The first-order chi connectivity index (χ1) is 10.1. The summed E-state index contributed by atoms with van der Waals surface area (Å²) in [5, 5.41) is 6.51. The van der Waals surface area contributed by atoms with E-state index in [4.69, 9.17) is 10.5 Å². The van der Waals surface area contributed by atoms with Crippen LogP contribution in [0.1, 0.15) is 12.0 Å². The minimum atomic E-state index is -3.53. The Morgan fingerprint density at radius 2 is 2.14 bits per heavy atom. The fourth-order valence-electron chi connectivity index (χ4n) is 2.97. The van der Waals surface area contributed by atoms with Gasteiger partial charge in [0.05, 0.1) is 19.4 Å². The van der Waals surface area contributed by atoms with E-state index in [1.807, 2.05) is 0 Å². The second-order valence-electron chi connectivity index (χ2n) is 5.38. The Bertz CT molecular complexity index is 581. The number of nitrogens with one attached hydrogen (secondary N) is 1. The molecule has 8 nitrogen and oxygen atoms in total. The highest BCUT2D eigenvalue weighted by molar-refractivity contribution is 7.89. The largest absolute Gasteiger partial charge is 0.379 e. The van der Waals surface area contributed by atoms with Gasteiger partial charge in [-0.15, -0.1) is 0 Å². The number of aromatic amines is 1. The van der Waals surface area contributed by atoms with Crippen LogP contribution in [0.4, 0.5) is 0 Å².